The van der Waals surface area contributed by atoms with Crippen LogP contribution in [0.5, 0.6) is 17.2 Å². The number of Topliss-reactive ketones (excluding diaryl/α,β-unsaturated/α-hetero) is 1. The largest absolute Gasteiger partial charge is 0.507 e. The minimum Gasteiger partial charge on any atom is -0.507 e. The van der Waals surface area contributed by atoms with Gasteiger partial charge < -0.3 is 19.3 Å². The molecule has 1 saturated heterocycles. The van der Waals surface area contributed by atoms with Crippen molar-refractivity contribution in [3.63, 3.8) is 0 Å². The highest BCUT2D eigenvalue weighted by Crippen LogP contribution is 2.43. The van der Waals surface area contributed by atoms with Crippen molar-refractivity contribution in [2.75, 3.05) is 24.7 Å². The van der Waals surface area contributed by atoms with E-state index in [4.69, 9.17) is 14.2 Å². The molecule has 1 amide bonds. The Balaban J connectivity index is 1.85. The van der Waals surface area contributed by atoms with Crippen molar-refractivity contribution in [1.29, 1.82) is 0 Å². The summed E-state index contributed by atoms with van der Waals surface area (Å²) in [6.07, 6.45) is 0. The number of nitrogens with zero attached hydrogens (tertiary/aromatic N) is 1. The Bertz CT molecular complexity index is 1310. The van der Waals surface area contributed by atoms with Crippen molar-refractivity contribution < 1.29 is 28.9 Å². The van der Waals surface area contributed by atoms with Crippen molar-refractivity contribution in [3.05, 3.63) is 89.0 Å². The third-order valence-electron chi connectivity index (χ3n) is 6.13. The predicted octanol–water partition coefficient (Wildman–Crippen LogP) is 5.82. The number of aryl methyl sites for hydroxylation is 1. The van der Waals surface area contributed by atoms with Crippen LogP contribution in [0.2, 0.25) is 0 Å². The van der Waals surface area contributed by atoms with Gasteiger partial charge in [0.05, 0.1) is 31.4 Å². The lowest BCUT2D eigenvalue weighted by Crippen LogP contribution is -2.29. The zero-order valence-electron chi connectivity index (χ0n) is 21.5. The van der Waals surface area contributed by atoms with Crippen molar-refractivity contribution in [3.8, 4) is 17.2 Å². The highest BCUT2D eigenvalue weighted by Gasteiger charge is 2.47. The number of hydrogen-bond donors (Lipinski definition) is 1. The molecule has 1 heterocycles. The maximum atomic E-state index is 13.4. The fourth-order valence-corrected chi connectivity index (χ4v) is 4.47. The first-order valence-electron chi connectivity index (χ1n) is 12.4. The average molecular weight is 502 g/mol. The Kier molecular flexibility index (Phi) is 7.82. The standard InChI is InChI=1S/C30H31NO6/c1-5-35-23-13-8-20(9-14-23)27-26(28(32)21-10-17-25(37-7-3)19(4)18-21)29(33)30(34)31(27)22-11-15-24(16-12-22)36-6-2/h8-18,27,32H,5-7H2,1-4H3/b28-26-. The summed E-state index contributed by atoms with van der Waals surface area (Å²) in [5.41, 5.74) is 2.45. The third-order valence-corrected chi connectivity index (χ3v) is 6.13. The Labute approximate surface area is 216 Å². The molecule has 1 aliphatic heterocycles. The minimum absolute atomic E-state index is 0.0200. The van der Waals surface area contributed by atoms with Crippen LogP contribution in [0.3, 0.4) is 0 Å². The van der Waals surface area contributed by atoms with Gasteiger partial charge in [-0.05, 0) is 93.4 Å². The first-order chi connectivity index (χ1) is 17.9. The van der Waals surface area contributed by atoms with Crippen LogP contribution in [-0.2, 0) is 9.59 Å². The van der Waals surface area contributed by atoms with Gasteiger partial charge in [-0.25, -0.2) is 0 Å². The van der Waals surface area contributed by atoms with Gasteiger partial charge in [0.2, 0.25) is 0 Å². The van der Waals surface area contributed by atoms with Gasteiger partial charge in [0.15, 0.2) is 0 Å². The molecule has 4 rings (SSSR count). The Morgan fingerprint density at radius 1 is 0.811 bits per heavy atom. The maximum Gasteiger partial charge on any atom is 0.300 e. The molecular weight excluding hydrogens is 470 g/mol. The number of hydrogen-bond acceptors (Lipinski definition) is 6. The molecule has 3 aromatic rings. The van der Waals surface area contributed by atoms with Crippen LogP contribution < -0.4 is 19.1 Å². The van der Waals surface area contributed by atoms with E-state index in [1.165, 1.54) is 4.90 Å². The van der Waals surface area contributed by atoms with E-state index in [-0.39, 0.29) is 11.3 Å². The summed E-state index contributed by atoms with van der Waals surface area (Å²) < 4.78 is 16.7. The quantitative estimate of drug-likeness (QED) is 0.226. The molecule has 1 aliphatic rings. The number of aliphatic hydroxyl groups excluding tert-OH is 1. The number of carbonyl (C=O) groups is 2. The van der Waals surface area contributed by atoms with Crippen molar-refractivity contribution >= 4 is 23.1 Å². The Morgan fingerprint density at radius 3 is 1.92 bits per heavy atom. The molecule has 0 bridgehead atoms. The van der Waals surface area contributed by atoms with Gasteiger partial charge in [0, 0.05) is 11.3 Å². The van der Waals surface area contributed by atoms with Crippen LogP contribution >= 0.6 is 0 Å². The summed E-state index contributed by atoms with van der Waals surface area (Å²) in [5, 5.41) is 11.4. The van der Waals surface area contributed by atoms with E-state index in [9.17, 15) is 14.7 Å². The molecule has 1 atom stereocenters. The number of carbonyl (C=O) groups excluding carboxylic acids is 2. The molecule has 1 unspecified atom stereocenters. The number of ketones is 1. The number of rotatable bonds is 9. The number of amides is 1. The van der Waals surface area contributed by atoms with E-state index in [1.807, 2.05) is 27.7 Å². The van der Waals surface area contributed by atoms with Gasteiger partial charge in [-0.1, -0.05) is 12.1 Å². The zero-order valence-corrected chi connectivity index (χ0v) is 21.5. The minimum atomic E-state index is -0.833. The number of anilines is 1. The lowest BCUT2D eigenvalue weighted by molar-refractivity contribution is -0.132. The molecule has 7 nitrogen and oxygen atoms in total. The Hall–Kier alpha value is -4.26. The van der Waals surface area contributed by atoms with E-state index in [1.54, 1.807) is 66.7 Å². The summed E-state index contributed by atoms with van der Waals surface area (Å²) in [6.45, 7) is 9.08. The Morgan fingerprint density at radius 2 is 1.38 bits per heavy atom. The highest BCUT2D eigenvalue weighted by molar-refractivity contribution is 6.51. The summed E-state index contributed by atoms with van der Waals surface area (Å²) in [6, 6.07) is 18.5. The van der Waals surface area contributed by atoms with Gasteiger partial charge in [-0.2, -0.15) is 0 Å². The second kappa shape index (κ2) is 11.2. The van der Waals surface area contributed by atoms with Crippen LogP contribution in [0.25, 0.3) is 5.76 Å². The molecule has 1 N–H and O–H groups in total. The fourth-order valence-electron chi connectivity index (χ4n) is 4.47. The van der Waals surface area contributed by atoms with Gasteiger partial charge in [-0.3, -0.25) is 14.5 Å². The molecule has 0 radical (unpaired) electrons. The molecule has 0 spiro atoms. The number of ether oxygens (including phenoxy) is 3. The molecule has 0 saturated carbocycles. The SMILES string of the molecule is CCOc1ccc(C2/C(=C(/O)c3ccc(OCC)c(C)c3)C(=O)C(=O)N2c2ccc(OCC)cc2)cc1. The molecule has 37 heavy (non-hydrogen) atoms. The second-order valence-electron chi connectivity index (χ2n) is 8.51. The zero-order chi connectivity index (χ0) is 26.5. The van der Waals surface area contributed by atoms with Gasteiger partial charge in [0.1, 0.15) is 23.0 Å². The number of benzene rings is 3. The molecule has 7 heteroatoms. The predicted molar refractivity (Wildman–Crippen MR) is 142 cm³/mol. The van der Waals surface area contributed by atoms with Crippen molar-refractivity contribution in [1.82, 2.24) is 0 Å². The maximum absolute atomic E-state index is 13.4. The van der Waals surface area contributed by atoms with E-state index in [2.05, 4.69) is 0 Å². The lowest BCUT2D eigenvalue weighted by Gasteiger charge is -2.26. The van der Waals surface area contributed by atoms with Crippen molar-refractivity contribution in [2.45, 2.75) is 33.7 Å². The average Bonchev–Trinajstić information content (AvgIpc) is 3.16. The normalized spacial score (nSPS) is 16.6. The highest BCUT2D eigenvalue weighted by atomic mass is 16.5. The second-order valence-corrected chi connectivity index (χ2v) is 8.51. The van der Waals surface area contributed by atoms with Gasteiger partial charge in [-0.15, -0.1) is 0 Å². The molecule has 0 aliphatic carbocycles. The lowest BCUT2D eigenvalue weighted by atomic mass is 9.94. The monoisotopic (exact) mass is 501 g/mol. The fraction of sp³-hybridized carbons (Fsp3) is 0.267. The summed E-state index contributed by atoms with van der Waals surface area (Å²) in [5.74, 6) is 0.314. The van der Waals surface area contributed by atoms with E-state index in [0.717, 1.165) is 5.56 Å². The van der Waals surface area contributed by atoms with Crippen molar-refractivity contribution in [2.24, 2.45) is 0 Å². The molecular formula is C30H31NO6. The topological polar surface area (TPSA) is 85.3 Å². The van der Waals surface area contributed by atoms with Crippen LogP contribution in [0, 0.1) is 6.92 Å². The van der Waals surface area contributed by atoms with Crippen LogP contribution in [-0.4, -0.2) is 36.6 Å². The van der Waals surface area contributed by atoms with Crippen LogP contribution in [0.15, 0.2) is 72.3 Å². The van der Waals surface area contributed by atoms with Gasteiger partial charge in [0.25, 0.3) is 11.7 Å². The first kappa shape index (κ1) is 25.8. The van der Waals surface area contributed by atoms with Crippen LogP contribution in [0.4, 0.5) is 5.69 Å². The molecule has 192 valence electrons. The van der Waals surface area contributed by atoms with E-state index in [0.29, 0.717) is 53.9 Å². The molecule has 1 fully saturated rings. The first-order valence-corrected chi connectivity index (χ1v) is 12.4. The summed E-state index contributed by atoms with van der Waals surface area (Å²) in [4.78, 5) is 28.2. The van der Waals surface area contributed by atoms with Crippen LogP contribution in [0.1, 0.15) is 43.5 Å². The summed E-state index contributed by atoms with van der Waals surface area (Å²) in [7, 11) is 0. The molecule has 0 aromatic heterocycles. The van der Waals surface area contributed by atoms with Gasteiger partial charge >= 0.3 is 0 Å². The third kappa shape index (κ3) is 5.16. The summed E-state index contributed by atoms with van der Waals surface area (Å²) >= 11 is 0. The van der Waals surface area contributed by atoms with E-state index < -0.39 is 17.7 Å². The van der Waals surface area contributed by atoms with E-state index >= 15 is 0 Å². The smallest absolute Gasteiger partial charge is 0.300 e. The number of aliphatic hydroxyl groups is 1. The molecule has 3 aromatic carbocycles.